The van der Waals surface area contributed by atoms with Crippen molar-refractivity contribution in [3.05, 3.63) is 89.5 Å². The van der Waals surface area contributed by atoms with Gasteiger partial charge in [0, 0.05) is 12.2 Å². The van der Waals surface area contributed by atoms with Gasteiger partial charge in [-0.3, -0.25) is 24.1 Å². The maximum Gasteiger partial charge on any atom is 0.299 e. The van der Waals surface area contributed by atoms with E-state index in [4.69, 9.17) is 4.74 Å². The number of ether oxygens (including phenoxy) is 1. The molecule has 3 aromatic rings. The molecule has 5 rings (SSSR count). The van der Waals surface area contributed by atoms with E-state index in [0.29, 0.717) is 30.0 Å². The van der Waals surface area contributed by atoms with E-state index in [1.807, 2.05) is 31.2 Å². The summed E-state index contributed by atoms with van der Waals surface area (Å²) in [4.78, 5) is 56.4. The van der Waals surface area contributed by atoms with Crippen molar-refractivity contribution in [1.29, 1.82) is 0 Å². The predicted octanol–water partition coefficient (Wildman–Crippen LogP) is 4.51. The van der Waals surface area contributed by atoms with Crippen molar-refractivity contribution in [2.24, 2.45) is 0 Å². The molecule has 2 aliphatic rings. The summed E-state index contributed by atoms with van der Waals surface area (Å²) < 4.78 is 5.22. The van der Waals surface area contributed by atoms with Crippen molar-refractivity contribution in [2.75, 3.05) is 23.9 Å². The number of rotatable bonds is 8. The quantitative estimate of drug-likeness (QED) is 0.437. The lowest BCUT2D eigenvalue weighted by Crippen LogP contribution is -2.59. The number of carbonyl (C=O) groups is 4. The molecule has 0 unspecified atom stereocenters. The lowest BCUT2D eigenvalue weighted by atomic mass is 9.91. The third-order valence-electron chi connectivity index (χ3n) is 7.78. The van der Waals surface area contributed by atoms with Crippen molar-refractivity contribution in [1.82, 2.24) is 4.90 Å². The van der Waals surface area contributed by atoms with Crippen LogP contribution < -0.4 is 15.0 Å². The highest BCUT2D eigenvalue weighted by atomic mass is 16.5. The number of methoxy groups -OCH3 is 1. The Hall–Kier alpha value is -4.46. The third kappa shape index (κ3) is 4.90. The van der Waals surface area contributed by atoms with E-state index < -0.39 is 17.2 Å². The van der Waals surface area contributed by atoms with Gasteiger partial charge in [0.25, 0.3) is 11.7 Å². The molecule has 0 bridgehead atoms. The fourth-order valence-corrected chi connectivity index (χ4v) is 5.56. The highest BCUT2D eigenvalue weighted by Gasteiger charge is 2.49. The molecular weight excluding hydrogens is 494 g/mol. The number of benzene rings is 3. The Morgan fingerprint density at radius 1 is 0.949 bits per heavy atom. The fraction of sp³-hybridized carbons (Fsp3) is 0.290. The summed E-state index contributed by atoms with van der Waals surface area (Å²) in [6.07, 6.45) is 2.57. The number of para-hydroxylation sites is 1. The number of hydrogen-bond acceptors (Lipinski definition) is 5. The van der Waals surface area contributed by atoms with Gasteiger partial charge in [-0.2, -0.15) is 0 Å². The molecule has 0 atom stereocenters. The number of carbonyl (C=O) groups excluding carboxylic acids is 4. The summed E-state index contributed by atoms with van der Waals surface area (Å²) >= 11 is 0. The third-order valence-corrected chi connectivity index (χ3v) is 7.78. The summed E-state index contributed by atoms with van der Waals surface area (Å²) in [5.41, 5.74) is 2.11. The predicted molar refractivity (Wildman–Crippen MR) is 148 cm³/mol. The molecule has 8 heteroatoms. The number of hydrogen-bond donors (Lipinski definition) is 1. The maximum absolute atomic E-state index is 14.1. The van der Waals surface area contributed by atoms with Gasteiger partial charge in [-0.25, -0.2) is 0 Å². The van der Waals surface area contributed by atoms with Gasteiger partial charge in [0.2, 0.25) is 11.8 Å². The molecule has 8 nitrogen and oxygen atoms in total. The highest BCUT2D eigenvalue weighted by molar-refractivity contribution is 6.52. The zero-order valence-electron chi connectivity index (χ0n) is 22.1. The van der Waals surface area contributed by atoms with Crippen LogP contribution in [-0.4, -0.2) is 47.6 Å². The van der Waals surface area contributed by atoms with Crippen LogP contribution in [0.25, 0.3) is 0 Å². The Morgan fingerprint density at radius 3 is 2.31 bits per heavy atom. The summed E-state index contributed by atoms with van der Waals surface area (Å²) in [6, 6.07) is 21.5. The van der Waals surface area contributed by atoms with Crippen LogP contribution >= 0.6 is 0 Å². The number of ketones is 1. The number of nitrogens with zero attached hydrogens (tertiary/aromatic N) is 2. The summed E-state index contributed by atoms with van der Waals surface area (Å²) in [7, 11) is 1.58. The normalized spacial score (nSPS) is 15.7. The van der Waals surface area contributed by atoms with Gasteiger partial charge in [0.05, 0.1) is 18.4 Å². The average Bonchev–Trinajstić information content (AvgIpc) is 3.54. The molecule has 1 heterocycles. The molecule has 0 radical (unpaired) electrons. The van der Waals surface area contributed by atoms with Gasteiger partial charge >= 0.3 is 0 Å². The Morgan fingerprint density at radius 2 is 1.62 bits per heavy atom. The monoisotopic (exact) mass is 525 g/mol. The standard InChI is InChI=1S/C31H31N3O5/c1-21-9-3-4-10-22(21)19-34(27(35)20-33-26-12-6-5-11-25(26)28(36)29(33)37)31(17-7-8-18-31)30(38)32-23-13-15-24(39-2)16-14-23/h3-6,9-16H,7-8,17-20H2,1-2H3,(H,32,38). The Balaban J connectivity index is 1.50. The van der Waals surface area contributed by atoms with Gasteiger partial charge in [0.15, 0.2) is 0 Å². The van der Waals surface area contributed by atoms with E-state index in [2.05, 4.69) is 5.32 Å². The van der Waals surface area contributed by atoms with E-state index >= 15 is 0 Å². The first kappa shape index (κ1) is 26.2. The second kappa shape index (κ2) is 10.7. The Kier molecular flexibility index (Phi) is 7.19. The largest absolute Gasteiger partial charge is 0.497 e. The van der Waals surface area contributed by atoms with Crippen LogP contribution in [0.1, 0.15) is 47.2 Å². The number of anilines is 2. The van der Waals surface area contributed by atoms with E-state index in [-0.39, 0.29) is 30.5 Å². The molecule has 1 N–H and O–H groups in total. The summed E-state index contributed by atoms with van der Waals surface area (Å²) in [5.74, 6) is -1.34. The summed E-state index contributed by atoms with van der Waals surface area (Å²) in [5, 5.41) is 3.01. The second-order valence-corrected chi connectivity index (χ2v) is 10.1. The molecular formula is C31H31N3O5. The van der Waals surface area contributed by atoms with Crippen molar-refractivity contribution >= 4 is 34.9 Å². The van der Waals surface area contributed by atoms with E-state index in [0.717, 1.165) is 24.0 Å². The minimum atomic E-state index is -1.11. The zero-order chi connectivity index (χ0) is 27.6. The minimum Gasteiger partial charge on any atom is -0.497 e. The molecule has 3 amide bonds. The molecule has 1 fully saturated rings. The first-order chi connectivity index (χ1) is 18.8. The van der Waals surface area contributed by atoms with Gasteiger partial charge in [-0.1, -0.05) is 49.2 Å². The first-order valence-corrected chi connectivity index (χ1v) is 13.1. The zero-order valence-corrected chi connectivity index (χ0v) is 22.1. The number of amides is 3. The van der Waals surface area contributed by atoms with Crippen LogP contribution in [0.15, 0.2) is 72.8 Å². The van der Waals surface area contributed by atoms with Crippen molar-refractivity contribution in [3.63, 3.8) is 0 Å². The van der Waals surface area contributed by atoms with Gasteiger partial charge in [-0.05, 0) is 67.3 Å². The minimum absolute atomic E-state index is 0.208. The average molecular weight is 526 g/mol. The van der Waals surface area contributed by atoms with Crippen LogP contribution in [0.2, 0.25) is 0 Å². The lowest BCUT2D eigenvalue weighted by molar-refractivity contribution is -0.145. The maximum atomic E-state index is 14.1. The number of aryl methyl sites for hydroxylation is 1. The smallest absolute Gasteiger partial charge is 0.299 e. The van der Waals surface area contributed by atoms with Crippen molar-refractivity contribution < 1.29 is 23.9 Å². The van der Waals surface area contributed by atoms with Gasteiger partial charge < -0.3 is 15.0 Å². The number of Topliss-reactive ketones (excluding diaryl/α,β-unsaturated/α-hetero) is 1. The lowest BCUT2D eigenvalue weighted by Gasteiger charge is -2.41. The molecule has 1 aliphatic heterocycles. The Labute approximate surface area is 227 Å². The van der Waals surface area contributed by atoms with Crippen LogP contribution in [0.4, 0.5) is 11.4 Å². The van der Waals surface area contributed by atoms with Crippen molar-refractivity contribution in [2.45, 2.75) is 44.7 Å². The molecule has 0 saturated heterocycles. The highest BCUT2D eigenvalue weighted by Crippen LogP contribution is 2.39. The van der Waals surface area contributed by atoms with Crippen LogP contribution in [-0.2, 0) is 20.9 Å². The molecule has 0 spiro atoms. The molecule has 39 heavy (non-hydrogen) atoms. The molecule has 0 aromatic heterocycles. The molecule has 1 saturated carbocycles. The number of nitrogens with one attached hydrogen (secondary N) is 1. The summed E-state index contributed by atoms with van der Waals surface area (Å²) in [6.45, 7) is 1.85. The van der Waals surface area contributed by atoms with E-state index in [1.165, 1.54) is 4.90 Å². The Bertz CT molecular complexity index is 1430. The van der Waals surface area contributed by atoms with E-state index in [1.54, 1.807) is 60.5 Å². The fourth-order valence-electron chi connectivity index (χ4n) is 5.56. The van der Waals surface area contributed by atoms with E-state index in [9.17, 15) is 19.2 Å². The molecule has 200 valence electrons. The topological polar surface area (TPSA) is 96.0 Å². The number of fused-ring (bicyclic) bond motifs is 1. The first-order valence-electron chi connectivity index (χ1n) is 13.1. The van der Waals surface area contributed by atoms with Crippen molar-refractivity contribution in [3.8, 4) is 5.75 Å². The van der Waals surface area contributed by atoms with Crippen LogP contribution in [0, 0.1) is 6.92 Å². The van der Waals surface area contributed by atoms with Gasteiger partial charge in [-0.15, -0.1) is 0 Å². The van der Waals surface area contributed by atoms with Crippen LogP contribution in [0.3, 0.4) is 0 Å². The van der Waals surface area contributed by atoms with Gasteiger partial charge in [0.1, 0.15) is 17.8 Å². The molecule has 1 aliphatic carbocycles. The van der Waals surface area contributed by atoms with Crippen LogP contribution in [0.5, 0.6) is 5.75 Å². The molecule has 3 aromatic carbocycles. The SMILES string of the molecule is COc1ccc(NC(=O)C2(N(Cc3ccccc3C)C(=O)CN3C(=O)C(=O)c4ccccc43)CCCC2)cc1. The second-order valence-electron chi connectivity index (χ2n) is 10.1.